The SMILES string of the molecule is Cc1cn([C@@H]2C[C@H](O)[C@@H](Cn3cc(-c4ccc(Cl)cc4)nn3)O2)c(=O)[nH]c1=O. The van der Waals surface area contributed by atoms with Crippen LogP contribution in [0.2, 0.25) is 5.02 Å². The summed E-state index contributed by atoms with van der Waals surface area (Å²) in [6.45, 7) is 1.88. The number of aliphatic hydroxyl groups is 1. The third-order valence-corrected chi connectivity index (χ3v) is 4.96. The van der Waals surface area contributed by atoms with Crippen LogP contribution in [0.5, 0.6) is 0 Å². The molecule has 9 nitrogen and oxygen atoms in total. The highest BCUT2D eigenvalue weighted by Gasteiger charge is 2.36. The smallest absolute Gasteiger partial charge is 0.330 e. The van der Waals surface area contributed by atoms with E-state index in [0.717, 1.165) is 5.56 Å². The molecule has 3 atom stereocenters. The predicted octanol–water partition coefficient (Wildman–Crippen LogP) is 1.11. The van der Waals surface area contributed by atoms with E-state index < -0.39 is 29.7 Å². The summed E-state index contributed by atoms with van der Waals surface area (Å²) in [5.74, 6) is 0. The summed E-state index contributed by atoms with van der Waals surface area (Å²) >= 11 is 5.90. The number of halogens is 1. The molecule has 0 saturated carbocycles. The molecule has 3 aromatic rings. The molecular formula is C18H18ClN5O4. The number of nitrogens with one attached hydrogen (secondary N) is 1. The molecule has 2 aromatic heterocycles. The fourth-order valence-corrected chi connectivity index (χ4v) is 3.30. The molecule has 0 bridgehead atoms. The van der Waals surface area contributed by atoms with E-state index in [1.165, 1.54) is 10.8 Å². The first-order valence-corrected chi connectivity index (χ1v) is 9.10. The third-order valence-electron chi connectivity index (χ3n) is 4.71. The van der Waals surface area contributed by atoms with Gasteiger partial charge in [-0.25, -0.2) is 9.48 Å². The number of benzene rings is 1. The van der Waals surface area contributed by atoms with Crippen molar-refractivity contribution in [1.82, 2.24) is 24.5 Å². The van der Waals surface area contributed by atoms with Crippen molar-refractivity contribution in [3.63, 3.8) is 0 Å². The van der Waals surface area contributed by atoms with Gasteiger partial charge >= 0.3 is 5.69 Å². The zero-order chi connectivity index (χ0) is 19.8. The Hall–Kier alpha value is -2.75. The molecule has 4 rings (SSSR count). The van der Waals surface area contributed by atoms with Gasteiger partial charge in [0, 0.05) is 28.8 Å². The second kappa shape index (κ2) is 7.34. The van der Waals surface area contributed by atoms with Gasteiger partial charge in [0.1, 0.15) is 18.0 Å². The first-order valence-electron chi connectivity index (χ1n) is 8.72. The summed E-state index contributed by atoms with van der Waals surface area (Å²) in [6.07, 6.45) is 1.41. The number of aryl methyl sites for hydroxylation is 1. The van der Waals surface area contributed by atoms with Crippen LogP contribution in [0.25, 0.3) is 11.3 Å². The van der Waals surface area contributed by atoms with Crippen LogP contribution >= 0.6 is 11.6 Å². The number of H-pyrrole nitrogens is 1. The van der Waals surface area contributed by atoms with Gasteiger partial charge in [0.25, 0.3) is 5.56 Å². The topological polar surface area (TPSA) is 115 Å². The summed E-state index contributed by atoms with van der Waals surface area (Å²) in [5.41, 5.74) is 0.933. The van der Waals surface area contributed by atoms with Crippen molar-refractivity contribution in [2.24, 2.45) is 0 Å². The molecular weight excluding hydrogens is 386 g/mol. The van der Waals surface area contributed by atoms with Gasteiger partial charge in [-0.2, -0.15) is 0 Å². The van der Waals surface area contributed by atoms with Crippen LogP contribution in [0.3, 0.4) is 0 Å². The highest BCUT2D eigenvalue weighted by molar-refractivity contribution is 6.30. The van der Waals surface area contributed by atoms with Crippen molar-refractivity contribution >= 4 is 11.6 Å². The van der Waals surface area contributed by atoms with E-state index in [1.807, 2.05) is 12.1 Å². The minimum Gasteiger partial charge on any atom is -0.390 e. The molecule has 3 heterocycles. The Bertz CT molecular complexity index is 1100. The molecule has 2 N–H and O–H groups in total. The van der Waals surface area contributed by atoms with E-state index in [4.69, 9.17) is 16.3 Å². The van der Waals surface area contributed by atoms with Crippen LogP contribution < -0.4 is 11.2 Å². The van der Waals surface area contributed by atoms with Crippen LogP contribution in [0.4, 0.5) is 0 Å². The van der Waals surface area contributed by atoms with Crippen LogP contribution in [0, 0.1) is 6.92 Å². The molecule has 0 unspecified atom stereocenters. The van der Waals surface area contributed by atoms with E-state index in [0.29, 0.717) is 16.3 Å². The van der Waals surface area contributed by atoms with Crippen molar-refractivity contribution in [3.05, 3.63) is 68.1 Å². The average Bonchev–Trinajstić information content (AvgIpc) is 3.26. The average molecular weight is 404 g/mol. The Kier molecular flexibility index (Phi) is 4.88. The summed E-state index contributed by atoms with van der Waals surface area (Å²) in [7, 11) is 0. The first-order chi connectivity index (χ1) is 13.4. The number of hydrogen-bond donors (Lipinski definition) is 2. The van der Waals surface area contributed by atoms with Crippen LogP contribution in [-0.4, -0.2) is 41.9 Å². The highest BCUT2D eigenvalue weighted by atomic mass is 35.5. The monoisotopic (exact) mass is 403 g/mol. The number of hydrogen-bond acceptors (Lipinski definition) is 6. The van der Waals surface area contributed by atoms with Gasteiger partial charge in [0.2, 0.25) is 0 Å². The lowest BCUT2D eigenvalue weighted by atomic mass is 10.1. The molecule has 0 aliphatic carbocycles. The van der Waals surface area contributed by atoms with Crippen LogP contribution in [-0.2, 0) is 11.3 Å². The highest BCUT2D eigenvalue weighted by Crippen LogP contribution is 2.29. The Morgan fingerprint density at radius 1 is 1.29 bits per heavy atom. The van der Waals surface area contributed by atoms with E-state index in [1.54, 1.807) is 29.9 Å². The summed E-state index contributed by atoms with van der Waals surface area (Å²) < 4.78 is 8.73. The van der Waals surface area contributed by atoms with Gasteiger partial charge in [0.05, 0.1) is 18.8 Å². The number of aliphatic hydroxyl groups excluding tert-OH is 1. The molecule has 1 aliphatic heterocycles. The quantitative estimate of drug-likeness (QED) is 0.674. The van der Waals surface area contributed by atoms with Crippen LogP contribution in [0.1, 0.15) is 18.2 Å². The largest absolute Gasteiger partial charge is 0.390 e. The van der Waals surface area contributed by atoms with Gasteiger partial charge in [-0.05, 0) is 19.1 Å². The Morgan fingerprint density at radius 2 is 2.04 bits per heavy atom. The molecule has 0 radical (unpaired) electrons. The molecule has 1 aliphatic rings. The first kappa shape index (κ1) is 18.6. The van der Waals surface area contributed by atoms with E-state index in [-0.39, 0.29) is 13.0 Å². The molecule has 0 amide bonds. The fraction of sp³-hybridized carbons (Fsp3) is 0.333. The minimum atomic E-state index is -0.785. The molecule has 28 heavy (non-hydrogen) atoms. The standard InChI is InChI=1S/C18H18ClN5O4/c1-10-7-24(18(27)20-17(10)26)16-6-14(25)15(28-16)9-23-8-13(21-22-23)11-2-4-12(19)5-3-11/h2-5,7-8,14-16,25H,6,9H2,1H3,(H,20,26,27)/t14-,15+,16-/m0/s1. The maximum atomic E-state index is 12.0. The van der Waals surface area contributed by atoms with Gasteiger partial charge < -0.3 is 9.84 Å². The zero-order valence-corrected chi connectivity index (χ0v) is 15.7. The van der Waals surface area contributed by atoms with Crippen molar-refractivity contribution in [1.29, 1.82) is 0 Å². The lowest BCUT2D eigenvalue weighted by molar-refractivity contribution is -0.0302. The molecule has 1 aromatic carbocycles. The summed E-state index contributed by atoms with van der Waals surface area (Å²) in [4.78, 5) is 25.8. The third kappa shape index (κ3) is 3.64. The molecule has 146 valence electrons. The maximum Gasteiger partial charge on any atom is 0.330 e. The van der Waals surface area contributed by atoms with Gasteiger partial charge in [-0.15, -0.1) is 5.10 Å². The lowest BCUT2D eigenvalue weighted by Crippen LogP contribution is -2.33. The molecule has 0 spiro atoms. The molecule has 10 heteroatoms. The van der Waals surface area contributed by atoms with E-state index in [9.17, 15) is 14.7 Å². The number of ether oxygens (including phenoxy) is 1. The number of aromatic nitrogens is 5. The fourth-order valence-electron chi connectivity index (χ4n) is 3.18. The van der Waals surface area contributed by atoms with E-state index in [2.05, 4.69) is 15.3 Å². The lowest BCUT2D eigenvalue weighted by Gasteiger charge is -2.16. The Morgan fingerprint density at radius 3 is 2.79 bits per heavy atom. The summed E-state index contributed by atoms with van der Waals surface area (Å²) in [5, 5.41) is 19.2. The number of rotatable bonds is 4. The summed E-state index contributed by atoms with van der Waals surface area (Å²) in [6, 6.07) is 7.24. The van der Waals surface area contributed by atoms with Crippen molar-refractivity contribution in [2.75, 3.05) is 0 Å². The van der Waals surface area contributed by atoms with Crippen molar-refractivity contribution < 1.29 is 9.84 Å². The molecule has 1 fully saturated rings. The normalized spacial score (nSPS) is 21.9. The van der Waals surface area contributed by atoms with Gasteiger partial charge in [-0.1, -0.05) is 28.9 Å². The van der Waals surface area contributed by atoms with Gasteiger partial charge in [0.15, 0.2) is 0 Å². The second-order valence-corrected chi connectivity index (χ2v) is 7.18. The number of nitrogens with zero attached hydrogens (tertiary/aromatic N) is 4. The maximum absolute atomic E-state index is 12.0. The van der Waals surface area contributed by atoms with Crippen molar-refractivity contribution in [3.8, 4) is 11.3 Å². The van der Waals surface area contributed by atoms with E-state index >= 15 is 0 Å². The minimum absolute atomic E-state index is 0.231. The van der Waals surface area contributed by atoms with Crippen molar-refractivity contribution in [2.45, 2.75) is 38.3 Å². The Balaban J connectivity index is 1.49. The van der Waals surface area contributed by atoms with Gasteiger partial charge in [-0.3, -0.25) is 14.3 Å². The molecule has 1 saturated heterocycles. The zero-order valence-electron chi connectivity index (χ0n) is 14.9. The predicted molar refractivity (Wildman–Crippen MR) is 101 cm³/mol. The second-order valence-electron chi connectivity index (χ2n) is 6.74. The Labute approximate surface area is 164 Å². The van der Waals surface area contributed by atoms with Crippen LogP contribution in [0.15, 0.2) is 46.2 Å². The number of aromatic amines is 1.